The summed E-state index contributed by atoms with van der Waals surface area (Å²) in [5.41, 5.74) is -1.99. The Morgan fingerprint density at radius 3 is 2.45 bits per heavy atom. The van der Waals surface area contributed by atoms with Gasteiger partial charge in [0, 0.05) is 30.1 Å². The first-order chi connectivity index (χ1) is 22.1. The van der Waals surface area contributed by atoms with Crippen molar-refractivity contribution in [3.8, 4) is 17.0 Å². The lowest BCUT2D eigenvalue weighted by atomic mass is 9.94. The SMILES string of the molecule is Cc1cccc(-c2c(Cl)cc3c(nc(OCC4CCCN4C)c4cnn(C5CCN(C(=O)OC(C)(C)C)CC5)c43)c2F)c1C(F)(F)F. The number of carbonyl (C=O) groups is 1. The summed E-state index contributed by atoms with van der Waals surface area (Å²) < 4.78 is 73.0. The smallest absolute Gasteiger partial charge is 0.417 e. The Morgan fingerprint density at radius 2 is 1.81 bits per heavy atom. The van der Waals surface area contributed by atoms with Crippen molar-refractivity contribution in [1.29, 1.82) is 0 Å². The van der Waals surface area contributed by atoms with Crippen LogP contribution in [0.25, 0.3) is 32.9 Å². The molecule has 0 spiro atoms. The minimum Gasteiger partial charge on any atom is -0.475 e. The van der Waals surface area contributed by atoms with Crippen molar-refractivity contribution in [1.82, 2.24) is 24.6 Å². The molecule has 0 radical (unpaired) electrons. The molecule has 8 nitrogen and oxygen atoms in total. The monoisotopic (exact) mass is 675 g/mol. The van der Waals surface area contributed by atoms with Gasteiger partial charge in [-0.2, -0.15) is 18.3 Å². The quantitative estimate of drug-likeness (QED) is 0.198. The van der Waals surface area contributed by atoms with Gasteiger partial charge in [0.25, 0.3) is 0 Å². The van der Waals surface area contributed by atoms with Crippen LogP contribution in [0.1, 0.15) is 63.6 Å². The largest absolute Gasteiger partial charge is 0.475 e. The number of aryl methyl sites for hydroxylation is 1. The molecule has 0 aliphatic carbocycles. The molecule has 0 bridgehead atoms. The Balaban J connectivity index is 1.47. The van der Waals surface area contributed by atoms with E-state index in [1.165, 1.54) is 31.2 Å². The fraction of sp³-hybridized carbons (Fsp3) is 0.500. The number of fused-ring (bicyclic) bond motifs is 3. The summed E-state index contributed by atoms with van der Waals surface area (Å²) in [5.74, 6) is -0.821. The maximum absolute atomic E-state index is 16.7. The summed E-state index contributed by atoms with van der Waals surface area (Å²) in [7, 11) is 2.01. The fourth-order valence-electron chi connectivity index (χ4n) is 6.72. The van der Waals surface area contributed by atoms with Crippen LogP contribution in [0.4, 0.5) is 22.4 Å². The van der Waals surface area contributed by atoms with Crippen LogP contribution in [0.3, 0.4) is 0 Å². The number of carbonyl (C=O) groups excluding carboxylic acids is 1. The number of hydrogen-bond acceptors (Lipinski definition) is 6. The molecule has 2 fully saturated rings. The summed E-state index contributed by atoms with van der Waals surface area (Å²) in [4.78, 5) is 21.1. The van der Waals surface area contributed by atoms with Crippen LogP contribution in [0.15, 0.2) is 30.5 Å². The van der Waals surface area contributed by atoms with Gasteiger partial charge in [-0.15, -0.1) is 0 Å². The van der Waals surface area contributed by atoms with E-state index in [4.69, 9.17) is 21.1 Å². The lowest BCUT2D eigenvalue weighted by molar-refractivity contribution is -0.137. The molecule has 13 heteroatoms. The molecule has 2 aromatic carbocycles. The van der Waals surface area contributed by atoms with Crippen LogP contribution in [-0.4, -0.2) is 75.6 Å². The van der Waals surface area contributed by atoms with Crippen molar-refractivity contribution in [2.24, 2.45) is 0 Å². The predicted molar refractivity (Wildman–Crippen MR) is 172 cm³/mol. The normalized spacial score (nSPS) is 18.4. The van der Waals surface area contributed by atoms with Crippen molar-refractivity contribution in [3.63, 3.8) is 0 Å². The molecular formula is C34H38ClF4N5O3. The maximum atomic E-state index is 16.7. The average Bonchev–Trinajstić information content (AvgIpc) is 3.61. The number of nitrogens with zero attached hydrogens (tertiary/aromatic N) is 5. The van der Waals surface area contributed by atoms with Crippen LogP contribution in [-0.2, 0) is 10.9 Å². The highest BCUT2D eigenvalue weighted by Crippen LogP contribution is 2.45. The van der Waals surface area contributed by atoms with E-state index in [0.29, 0.717) is 48.8 Å². The molecule has 6 rings (SSSR count). The zero-order valence-electron chi connectivity index (χ0n) is 27.0. The van der Waals surface area contributed by atoms with E-state index < -0.39 is 23.2 Å². The van der Waals surface area contributed by atoms with Crippen LogP contribution in [0.5, 0.6) is 5.88 Å². The highest BCUT2D eigenvalue weighted by Gasteiger charge is 2.37. The van der Waals surface area contributed by atoms with Crippen molar-refractivity contribution in [2.75, 3.05) is 33.3 Å². The Bertz CT molecular complexity index is 1830. The first-order valence-electron chi connectivity index (χ1n) is 15.8. The van der Waals surface area contributed by atoms with Crippen LogP contribution in [0.2, 0.25) is 5.02 Å². The number of piperidine rings is 1. The number of halogens is 5. The van der Waals surface area contributed by atoms with Gasteiger partial charge < -0.3 is 19.3 Å². The van der Waals surface area contributed by atoms with E-state index in [0.717, 1.165) is 19.4 Å². The molecule has 2 saturated heterocycles. The lowest BCUT2D eigenvalue weighted by Gasteiger charge is -2.33. The summed E-state index contributed by atoms with van der Waals surface area (Å²) in [6.07, 6.45) is -0.441. The van der Waals surface area contributed by atoms with Gasteiger partial charge in [-0.25, -0.2) is 14.2 Å². The topological polar surface area (TPSA) is 72.7 Å². The van der Waals surface area contributed by atoms with Crippen LogP contribution in [0, 0.1) is 12.7 Å². The van der Waals surface area contributed by atoms with Gasteiger partial charge in [-0.1, -0.05) is 29.8 Å². The minimum atomic E-state index is -4.74. The molecule has 47 heavy (non-hydrogen) atoms. The standard InChI is InChI=1S/C34H38ClF4N5O3/c1-19-8-6-10-22(27(19)34(37,38)39)26-25(35)16-23-29(28(26)36)41-31(46-18-21-9-7-13-42(21)5)24-17-40-44(30(23)24)20-11-14-43(15-12-20)32(45)47-33(2,3)4/h6,8,10,16-17,20-21H,7,9,11-15,18H2,1-5H3. The van der Waals surface area contributed by atoms with Crippen molar-refractivity contribution in [3.05, 3.63) is 52.4 Å². The van der Waals surface area contributed by atoms with E-state index in [9.17, 15) is 18.0 Å². The zero-order chi connectivity index (χ0) is 33.8. The first-order valence-corrected chi connectivity index (χ1v) is 16.2. The van der Waals surface area contributed by atoms with E-state index in [1.54, 1.807) is 15.8 Å². The molecule has 252 valence electrons. The molecule has 2 aliphatic rings. The molecule has 1 amide bonds. The number of amides is 1. The maximum Gasteiger partial charge on any atom is 0.417 e. The number of aromatic nitrogens is 3. The zero-order valence-corrected chi connectivity index (χ0v) is 27.8. The van der Waals surface area contributed by atoms with Crippen molar-refractivity contribution >= 4 is 39.5 Å². The summed E-state index contributed by atoms with van der Waals surface area (Å²) in [6, 6.07) is 5.44. The summed E-state index contributed by atoms with van der Waals surface area (Å²) in [5, 5.41) is 5.37. The van der Waals surface area contributed by atoms with Gasteiger partial charge in [0.1, 0.15) is 17.7 Å². The molecule has 2 aliphatic heterocycles. The Labute approximate surface area is 275 Å². The number of likely N-dealkylation sites (N-methyl/N-ethyl adjacent to an activating group) is 1. The molecule has 2 aromatic heterocycles. The number of hydrogen-bond donors (Lipinski definition) is 0. The lowest BCUT2D eigenvalue weighted by Crippen LogP contribution is -2.42. The van der Waals surface area contributed by atoms with Gasteiger partial charge in [0.2, 0.25) is 5.88 Å². The van der Waals surface area contributed by atoms with Gasteiger partial charge in [0.15, 0.2) is 5.82 Å². The first kappa shape index (κ1) is 33.3. The Hall–Kier alpha value is -3.64. The van der Waals surface area contributed by atoms with E-state index >= 15 is 4.39 Å². The average molecular weight is 676 g/mol. The number of likely N-dealkylation sites (tertiary alicyclic amines) is 2. The van der Waals surface area contributed by atoms with Crippen LogP contribution >= 0.6 is 11.6 Å². The molecule has 4 aromatic rings. The third kappa shape index (κ3) is 6.46. The van der Waals surface area contributed by atoms with Crippen LogP contribution < -0.4 is 4.74 Å². The Kier molecular flexibility index (Phi) is 8.80. The highest BCUT2D eigenvalue weighted by atomic mass is 35.5. The summed E-state index contributed by atoms with van der Waals surface area (Å²) >= 11 is 6.67. The van der Waals surface area contributed by atoms with Gasteiger partial charge in [-0.05, 0) is 84.2 Å². The molecule has 0 saturated carbocycles. The number of ether oxygens (including phenoxy) is 2. The number of rotatable bonds is 5. The van der Waals surface area contributed by atoms with E-state index in [-0.39, 0.29) is 51.3 Å². The second-order valence-corrected chi connectivity index (χ2v) is 13.9. The molecule has 1 unspecified atom stereocenters. The summed E-state index contributed by atoms with van der Waals surface area (Å²) in [6.45, 7) is 8.87. The Morgan fingerprint density at radius 1 is 1.09 bits per heavy atom. The second kappa shape index (κ2) is 12.4. The van der Waals surface area contributed by atoms with Gasteiger partial charge in [0.05, 0.1) is 33.7 Å². The van der Waals surface area contributed by atoms with Gasteiger partial charge >= 0.3 is 12.3 Å². The number of pyridine rings is 1. The fourth-order valence-corrected chi connectivity index (χ4v) is 7.01. The van der Waals surface area contributed by atoms with Crippen molar-refractivity contribution in [2.45, 2.75) is 77.2 Å². The van der Waals surface area contributed by atoms with Crippen molar-refractivity contribution < 1.29 is 31.8 Å². The van der Waals surface area contributed by atoms with E-state index in [1.807, 2.05) is 27.8 Å². The predicted octanol–water partition coefficient (Wildman–Crippen LogP) is 8.42. The molecule has 4 heterocycles. The number of alkyl halides is 3. The number of benzene rings is 2. The van der Waals surface area contributed by atoms with Gasteiger partial charge in [-0.3, -0.25) is 4.68 Å². The molecular weight excluding hydrogens is 638 g/mol. The molecule has 0 N–H and O–H groups in total. The molecule has 1 atom stereocenters. The third-order valence-corrected chi connectivity index (χ3v) is 9.36. The second-order valence-electron chi connectivity index (χ2n) is 13.5. The third-order valence-electron chi connectivity index (χ3n) is 9.06. The van der Waals surface area contributed by atoms with E-state index in [2.05, 4.69) is 15.0 Å². The highest BCUT2D eigenvalue weighted by molar-refractivity contribution is 6.34. The minimum absolute atomic E-state index is 0.0468.